The maximum absolute atomic E-state index is 12.6. The second kappa shape index (κ2) is 7.31. The highest BCUT2D eigenvalue weighted by atomic mass is 32.2. The monoisotopic (exact) mass is 384 g/mol. The summed E-state index contributed by atoms with van der Waals surface area (Å²) < 4.78 is 26.8. The number of aromatic nitrogens is 1. The van der Waals surface area contributed by atoms with Crippen LogP contribution in [0.5, 0.6) is 0 Å². The summed E-state index contributed by atoms with van der Waals surface area (Å²) in [6, 6.07) is 17.4. The van der Waals surface area contributed by atoms with E-state index in [1.165, 1.54) is 5.56 Å². The lowest BCUT2D eigenvalue weighted by Crippen LogP contribution is -2.27. The van der Waals surface area contributed by atoms with Gasteiger partial charge in [0.05, 0.1) is 15.6 Å². The highest BCUT2D eigenvalue weighted by Gasteiger charge is 2.26. The van der Waals surface area contributed by atoms with Crippen molar-refractivity contribution in [1.82, 2.24) is 9.29 Å². The molecule has 0 saturated carbocycles. The molecule has 2 aromatic carbocycles. The van der Waals surface area contributed by atoms with Crippen LogP contribution in [0.25, 0.3) is 11.3 Å². The summed E-state index contributed by atoms with van der Waals surface area (Å²) in [5, 5.41) is 3.09. The van der Waals surface area contributed by atoms with Gasteiger partial charge in [-0.05, 0) is 30.5 Å². The van der Waals surface area contributed by atoms with E-state index in [1.807, 2.05) is 35.7 Å². The summed E-state index contributed by atoms with van der Waals surface area (Å²) >= 11 is 1.63. The van der Waals surface area contributed by atoms with Gasteiger partial charge in [-0.3, -0.25) is 0 Å². The van der Waals surface area contributed by atoms with Crippen molar-refractivity contribution >= 4 is 21.4 Å². The van der Waals surface area contributed by atoms with Crippen LogP contribution in [0, 0.1) is 0 Å². The fourth-order valence-electron chi connectivity index (χ4n) is 3.17. The van der Waals surface area contributed by atoms with E-state index in [2.05, 4.69) is 12.1 Å². The van der Waals surface area contributed by atoms with E-state index < -0.39 is 10.0 Å². The highest BCUT2D eigenvalue weighted by molar-refractivity contribution is 7.89. The first-order valence-electron chi connectivity index (χ1n) is 8.72. The minimum absolute atomic E-state index is 0.364. The first-order chi connectivity index (χ1) is 12.6. The third-order valence-electron chi connectivity index (χ3n) is 4.60. The van der Waals surface area contributed by atoms with Crippen LogP contribution in [0.15, 0.2) is 64.9 Å². The Kier molecular flexibility index (Phi) is 4.89. The molecule has 0 amide bonds. The van der Waals surface area contributed by atoms with E-state index in [1.54, 1.807) is 27.8 Å². The summed E-state index contributed by atoms with van der Waals surface area (Å²) in [5.41, 5.74) is 3.08. The molecule has 4 rings (SSSR count). The molecule has 0 radical (unpaired) electrons. The lowest BCUT2D eigenvalue weighted by atomic mass is 10.1. The molecule has 1 saturated heterocycles. The lowest BCUT2D eigenvalue weighted by molar-refractivity contribution is 0.477. The van der Waals surface area contributed by atoms with Crippen molar-refractivity contribution in [3.8, 4) is 11.3 Å². The van der Waals surface area contributed by atoms with E-state index in [0.717, 1.165) is 35.5 Å². The molecule has 6 heteroatoms. The van der Waals surface area contributed by atoms with Gasteiger partial charge in [-0.25, -0.2) is 13.4 Å². The van der Waals surface area contributed by atoms with E-state index >= 15 is 0 Å². The van der Waals surface area contributed by atoms with Crippen molar-refractivity contribution in [2.75, 3.05) is 13.1 Å². The Morgan fingerprint density at radius 2 is 1.65 bits per heavy atom. The molecule has 0 bridgehead atoms. The Balaban J connectivity index is 1.52. The van der Waals surface area contributed by atoms with Crippen molar-refractivity contribution in [3.63, 3.8) is 0 Å². The van der Waals surface area contributed by atoms with Crippen LogP contribution in [-0.4, -0.2) is 30.8 Å². The van der Waals surface area contributed by atoms with E-state index in [0.29, 0.717) is 18.0 Å². The van der Waals surface area contributed by atoms with E-state index in [-0.39, 0.29) is 0 Å². The Morgan fingerprint density at radius 3 is 2.35 bits per heavy atom. The minimum atomic E-state index is -3.36. The number of thiazole rings is 1. The van der Waals surface area contributed by atoms with Gasteiger partial charge in [0.2, 0.25) is 10.0 Å². The molecule has 0 spiro atoms. The molecular weight excluding hydrogens is 364 g/mol. The normalized spacial score (nSPS) is 15.4. The molecule has 1 aliphatic rings. The zero-order valence-electron chi connectivity index (χ0n) is 14.3. The Morgan fingerprint density at radius 1 is 0.962 bits per heavy atom. The zero-order chi connectivity index (χ0) is 18.0. The topological polar surface area (TPSA) is 50.3 Å². The average Bonchev–Trinajstić information content (AvgIpc) is 3.35. The predicted octanol–water partition coefficient (Wildman–Crippen LogP) is 4.19. The van der Waals surface area contributed by atoms with Crippen LogP contribution < -0.4 is 0 Å². The molecule has 0 atom stereocenters. The largest absolute Gasteiger partial charge is 0.243 e. The van der Waals surface area contributed by atoms with Gasteiger partial charge >= 0.3 is 0 Å². The van der Waals surface area contributed by atoms with Gasteiger partial charge in [0, 0.05) is 30.5 Å². The Labute approximate surface area is 158 Å². The number of benzene rings is 2. The summed E-state index contributed by atoms with van der Waals surface area (Å²) in [5.74, 6) is 0. The predicted molar refractivity (Wildman–Crippen MR) is 105 cm³/mol. The van der Waals surface area contributed by atoms with Crippen LogP contribution in [0.1, 0.15) is 23.4 Å². The maximum atomic E-state index is 12.6. The molecule has 2 heterocycles. The average molecular weight is 385 g/mol. The van der Waals surface area contributed by atoms with Gasteiger partial charge in [0.1, 0.15) is 0 Å². The quantitative estimate of drug-likeness (QED) is 0.663. The maximum Gasteiger partial charge on any atom is 0.243 e. The van der Waals surface area contributed by atoms with Gasteiger partial charge in [-0.15, -0.1) is 11.3 Å². The fourth-order valence-corrected chi connectivity index (χ4v) is 5.52. The molecule has 0 N–H and O–H groups in total. The van der Waals surface area contributed by atoms with Crippen molar-refractivity contribution in [2.24, 2.45) is 0 Å². The summed E-state index contributed by atoms with van der Waals surface area (Å²) in [6.45, 7) is 1.25. The Bertz CT molecular complexity index is 974. The fraction of sp³-hybridized carbons (Fsp3) is 0.250. The summed E-state index contributed by atoms with van der Waals surface area (Å²) in [7, 11) is -3.36. The molecule has 0 unspecified atom stereocenters. The number of hydrogen-bond acceptors (Lipinski definition) is 4. The van der Waals surface area contributed by atoms with Crippen LogP contribution in [-0.2, 0) is 16.4 Å². The molecule has 1 aliphatic heterocycles. The third-order valence-corrected chi connectivity index (χ3v) is 7.36. The number of sulfonamides is 1. The molecular formula is C20H20N2O2S2. The van der Waals surface area contributed by atoms with Gasteiger partial charge in [-0.1, -0.05) is 42.5 Å². The zero-order valence-corrected chi connectivity index (χ0v) is 16.0. The number of hydrogen-bond donors (Lipinski definition) is 0. The smallest absolute Gasteiger partial charge is 0.241 e. The molecule has 4 nitrogen and oxygen atoms in total. The van der Waals surface area contributed by atoms with Crippen molar-refractivity contribution in [2.45, 2.75) is 24.2 Å². The van der Waals surface area contributed by atoms with Gasteiger partial charge in [0.25, 0.3) is 0 Å². The highest BCUT2D eigenvalue weighted by Crippen LogP contribution is 2.26. The first-order valence-corrected chi connectivity index (χ1v) is 11.0. The number of nitrogens with zero attached hydrogens (tertiary/aromatic N) is 2. The third kappa shape index (κ3) is 3.58. The molecule has 1 aromatic heterocycles. The first kappa shape index (κ1) is 17.4. The van der Waals surface area contributed by atoms with Gasteiger partial charge in [-0.2, -0.15) is 4.31 Å². The van der Waals surface area contributed by atoms with Crippen molar-refractivity contribution in [3.05, 3.63) is 70.5 Å². The van der Waals surface area contributed by atoms with Crippen LogP contribution in [0.2, 0.25) is 0 Å². The second-order valence-electron chi connectivity index (χ2n) is 6.42. The van der Waals surface area contributed by atoms with Crippen LogP contribution >= 0.6 is 11.3 Å². The summed E-state index contributed by atoms with van der Waals surface area (Å²) in [4.78, 5) is 5.07. The van der Waals surface area contributed by atoms with Crippen LogP contribution in [0.4, 0.5) is 0 Å². The van der Waals surface area contributed by atoms with Crippen molar-refractivity contribution < 1.29 is 8.42 Å². The lowest BCUT2D eigenvalue weighted by Gasteiger charge is -2.15. The standard InChI is InChI=1S/C20H20N2O2S2/c23-26(24,22-12-4-5-13-22)18-10-8-17(9-11-18)19-15-25-20(21-19)14-16-6-2-1-3-7-16/h1-3,6-11,15H,4-5,12-14H2. The SMILES string of the molecule is O=S(=O)(c1ccc(-c2csc(Cc3ccccc3)n2)cc1)N1CCCC1. The molecule has 26 heavy (non-hydrogen) atoms. The molecule has 1 fully saturated rings. The van der Waals surface area contributed by atoms with E-state index in [9.17, 15) is 8.42 Å². The molecule has 134 valence electrons. The van der Waals surface area contributed by atoms with Crippen LogP contribution in [0.3, 0.4) is 0 Å². The van der Waals surface area contributed by atoms with E-state index in [4.69, 9.17) is 4.98 Å². The molecule has 3 aromatic rings. The number of rotatable bonds is 5. The summed E-state index contributed by atoms with van der Waals surface area (Å²) in [6.07, 6.45) is 2.70. The van der Waals surface area contributed by atoms with Gasteiger partial charge in [0.15, 0.2) is 0 Å². The Hall–Kier alpha value is -2.02. The molecule has 0 aliphatic carbocycles. The minimum Gasteiger partial charge on any atom is -0.241 e. The van der Waals surface area contributed by atoms with Crippen molar-refractivity contribution in [1.29, 1.82) is 0 Å². The second-order valence-corrected chi connectivity index (χ2v) is 9.31. The van der Waals surface area contributed by atoms with Gasteiger partial charge < -0.3 is 0 Å².